The van der Waals surface area contributed by atoms with E-state index in [4.69, 9.17) is 5.11 Å². The van der Waals surface area contributed by atoms with Crippen LogP contribution < -0.4 is 0 Å². The Hall–Kier alpha value is -1.49. The third-order valence-electron chi connectivity index (χ3n) is 1.56. The van der Waals surface area contributed by atoms with Crippen molar-refractivity contribution in [2.75, 3.05) is 0 Å². The van der Waals surface area contributed by atoms with E-state index in [1.54, 1.807) is 0 Å². The number of rotatable bonds is 1. The molecule has 0 spiro atoms. The lowest BCUT2D eigenvalue weighted by Gasteiger charge is -1.85. The number of aromatic nitrogens is 1. The van der Waals surface area contributed by atoms with Gasteiger partial charge >= 0.3 is 5.97 Å². The van der Waals surface area contributed by atoms with E-state index in [2.05, 4.69) is 4.98 Å². The van der Waals surface area contributed by atoms with Crippen LogP contribution in [0.1, 0.15) is 9.67 Å². The molecule has 2 aromatic rings. The summed E-state index contributed by atoms with van der Waals surface area (Å²) in [5.74, 6) is -1.60. The molecule has 3 nitrogen and oxygen atoms in total. The van der Waals surface area contributed by atoms with E-state index < -0.39 is 11.9 Å². The fraction of sp³-hybridized carbons (Fsp3) is 0. The number of nitrogens with zero attached hydrogens (tertiary/aromatic N) is 1. The summed E-state index contributed by atoms with van der Waals surface area (Å²) in [4.78, 5) is 14.7. The van der Waals surface area contributed by atoms with Crippen LogP contribution in [-0.4, -0.2) is 16.1 Å². The number of hydrogen-bond donors (Lipinski definition) is 1. The van der Waals surface area contributed by atoms with Crippen LogP contribution >= 0.6 is 11.3 Å². The summed E-state index contributed by atoms with van der Waals surface area (Å²) < 4.78 is 12.6. The molecule has 0 radical (unpaired) electrons. The molecule has 0 saturated carbocycles. The number of aromatic carboxylic acids is 1. The largest absolute Gasteiger partial charge is 0.477 e. The van der Waals surface area contributed by atoms with E-state index in [-0.39, 0.29) is 4.88 Å². The van der Waals surface area contributed by atoms with E-state index in [0.29, 0.717) is 10.2 Å². The molecular weight excluding hydrogens is 193 g/mol. The first-order valence-electron chi connectivity index (χ1n) is 3.46. The summed E-state index contributed by atoms with van der Waals surface area (Å²) in [5.41, 5.74) is 0. The number of fused-ring (bicyclic) bond motifs is 1. The summed E-state index contributed by atoms with van der Waals surface area (Å²) in [7, 11) is 0. The highest BCUT2D eigenvalue weighted by molar-refractivity contribution is 7.20. The topological polar surface area (TPSA) is 50.2 Å². The quantitative estimate of drug-likeness (QED) is 0.712. The molecule has 1 N–H and O–H groups in total. The molecule has 2 heterocycles. The number of hydrogen-bond acceptors (Lipinski definition) is 3. The second-order valence-corrected chi connectivity index (χ2v) is 3.47. The molecule has 0 saturated heterocycles. The Balaban J connectivity index is 2.68. The van der Waals surface area contributed by atoms with Gasteiger partial charge in [-0.25, -0.2) is 9.78 Å². The predicted molar refractivity (Wildman–Crippen MR) is 46.5 cm³/mol. The Morgan fingerprint density at radius 2 is 2.31 bits per heavy atom. The van der Waals surface area contributed by atoms with Gasteiger partial charge in [0.15, 0.2) is 0 Å². The number of carboxylic acid groups (broad SMARTS) is 1. The van der Waals surface area contributed by atoms with E-state index in [1.165, 1.54) is 18.2 Å². The van der Waals surface area contributed by atoms with Gasteiger partial charge in [-0.15, -0.1) is 11.3 Å². The summed E-state index contributed by atoms with van der Waals surface area (Å²) in [6.45, 7) is 0. The lowest BCUT2D eigenvalue weighted by atomic mass is 10.3. The maximum absolute atomic E-state index is 12.6. The van der Waals surface area contributed by atoms with Crippen molar-refractivity contribution < 1.29 is 14.3 Å². The average Bonchev–Trinajstić information content (AvgIpc) is 2.46. The molecule has 0 bridgehead atoms. The molecule has 0 amide bonds. The highest BCUT2D eigenvalue weighted by Gasteiger charge is 2.09. The highest BCUT2D eigenvalue weighted by Crippen LogP contribution is 2.23. The van der Waals surface area contributed by atoms with Gasteiger partial charge in [-0.05, 0) is 18.2 Å². The summed E-state index contributed by atoms with van der Waals surface area (Å²) in [6.07, 6.45) is 0. The van der Waals surface area contributed by atoms with Gasteiger partial charge in [-0.1, -0.05) is 0 Å². The predicted octanol–water partition coefficient (Wildman–Crippen LogP) is 2.13. The van der Waals surface area contributed by atoms with Gasteiger partial charge < -0.3 is 5.11 Å². The molecule has 0 aliphatic rings. The zero-order chi connectivity index (χ0) is 9.42. The maximum Gasteiger partial charge on any atom is 0.345 e. The highest BCUT2D eigenvalue weighted by atomic mass is 32.1. The molecule has 0 atom stereocenters. The minimum Gasteiger partial charge on any atom is -0.477 e. The lowest BCUT2D eigenvalue weighted by Crippen LogP contribution is -1.89. The monoisotopic (exact) mass is 197 g/mol. The van der Waals surface area contributed by atoms with Crippen molar-refractivity contribution in [3.8, 4) is 0 Å². The number of thiophene rings is 1. The van der Waals surface area contributed by atoms with Gasteiger partial charge in [-0.2, -0.15) is 4.39 Å². The molecule has 0 aliphatic carbocycles. The van der Waals surface area contributed by atoms with Crippen LogP contribution in [-0.2, 0) is 0 Å². The fourth-order valence-electron chi connectivity index (χ4n) is 1.00. The molecule has 0 aliphatic heterocycles. The molecule has 0 fully saturated rings. The summed E-state index contributed by atoms with van der Waals surface area (Å²) in [5, 5.41) is 9.30. The van der Waals surface area contributed by atoms with E-state index in [0.717, 1.165) is 11.3 Å². The van der Waals surface area contributed by atoms with Crippen LogP contribution in [0.3, 0.4) is 0 Å². The Kier molecular flexibility index (Phi) is 1.73. The van der Waals surface area contributed by atoms with Gasteiger partial charge in [-0.3, -0.25) is 0 Å². The minimum atomic E-state index is -1.01. The number of halogens is 1. The molecule has 2 aromatic heterocycles. The van der Waals surface area contributed by atoms with Crippen LogP contribution in [0.4, 0.5) is 4.39 Å². The van der Waals surface area contributed by atoms with Crippen molar-refractivity contribution in [1.82, 2.24) is 4.98 Å². The third-order valence-corrected chi connectivity index (χ3v) is 2.59. The van der Waals surface area contributed by atoms with Gasteiger partial charge in [0.25, 0.3) is 0 Å². The SMILES string of the molecule is O=C(O)c1cc2ccc(F)nc2s1. The van der Waals surface area contributed by atoms with Crippen molar-refractivity contribution in [2.45, 2.75) is 0 Å². The molecule has 13 heavy (non-hydrogen) atoms. The maximum atomic E-state index is 12.6. The summed E-state index contributed by atoms with van der Waals surface area (Å²) >= 11 is 0.969. The molecule has 5 heteroatoms. The van der Waals surface area contributed by atoms with Crippen molar-refractivity contribution in [3.63, 3.8) is 0 Å². The molecule has 2 rings (SSSR count). The number of carbonyl (C=O) groups is 1. The zero-order valence-electron chi connectivity index (χ0n) is 6.32. The van der Waals surface area contributed by atoms with Gasteiger partial charge in [0.2, 0.25) is 5.95 Å². The number of pyridine rings is 1. The van der Waals surface area contributed by atoms with Crippen molar-refractivity contribution in [3.05, 3.63) is 29.0 Å². The minimum absolute atomic E-state index is 0.174. The van der Waals surface area contributed by atoms with Crippen molar-refractivity contribution in [1.29, 1.82) is 0 Å². The lowest BCUT2D eigenvalue weighted by molar-refractivity contribution is 0.0702. The van der Waals surface area contributed by atoms with Crippen LogP contribution in [0.25, 0.3) is 10.2 Å². The van der Waals surface area contributed by atoms with Crippen LogP contribution in [0.2, 0.25) is 0 Å². The smallest absolute Gasteiger partial charge is 0.345 e. The van der Waals surface area contributed by atoms with Crippen LogP contribution in [0, 0.1) is 5.95 Å². The third kappa shape index (κ3) is 1.38. The molecule has 0 unspecified atom stereocenters. The second kappa shape index (κ2) is 2.77. The first-order valence-corrected chi connectivity index (χ1v) is 4.28. The molecular formula is C8H4FNO2S. The Morgan fingerprint density at radius 3 is 3.00 bits per heavy atom. The second-order valence-electron chi connectivity index (χ2n) is 2.44. The zero-order valence-corrected chi connectivity index (χ0v) is 7.14. The Morgan fingerprint density at radius 1 is 1.54 bits per heavy atom. The Labute approximate surface area is 76.5 Å². The average molecular weight is 197 g/mol. The van der Waals surface area contributed by atoms with Crippen molar-refractivity contribution in [2.24, 2.45) is 0 Å². The first kappa shape index (κ1) is 8.12. The fourth-order valence-corrected chi connectivity index (χ4v) is 1.86. The van der Waals surface area contributed by atoms with Crippen LogP contribution in [0.5, 0.6) is 0 Å². The van der Waals surface area contributed by atoms with Gasteiger partial charge in [0.05, 0.1) is 0 Å². The van der Waals surface area contributed by atoms with E-state index >= 15 is 0 Å². The molecule has 66 valence electrons. The van der Waals surface area contributed by atoms with Gasteiger partial charge in [0.1, 0.15) is 9.71 Å². The standard InChI is InChI=1S/C8H4FNO2S/c9-6-2-1-4-3-5(8(11)12)13-7(4)10-6/h1-3H,(H,11,12). The Bertz CT molecular complexity index is 480. The van der Waals surface area contributed by atoms with E-state index in [1.807, 2.05) is 0 Å². The number of carboxylic acids is 1. The van der Waals surface area contributed by atoms with Crippen LogP contribution in [0.15, 0.2) is 18.2 Å². The molecule has 0 aromatic carbocycles. The van der Waals surface area contributed by atoms with E-state index in [9.17, 15) is 9.18 Å². The first-order chi connectivity index (χ1) is 6.16. The van der Waals surface area contributed by atoms with Gasteiger partial charge in [0, 0.05) is 5.39 Å². The normalized spacial score (nSPS) is 10.5. The van der Waals surface area contributed by atoms with Crippen molar-refractivity contribution >= 4 is 27.5 Å². The summed E-state index contributed by atoms with van der Waals surface area (Å²) in [6, 6.07) is 4.20.